The molecule has 0 aromatic carbocycles. The number of nitrogens with one attached hydrogen (secondary N) is 2. The third-order valence-corrected chi connectivity index (χ3v) is 4.04. The minimum absolute atomic E-state index is 0. The molecule has 1 aromatic heterocycles. The molecule has 1 aliphatic rings. The van der Waals surface area contributed by atoms with Crippen molar-refractivity contribution in [2.45, 2.75) is 39.2 Å². The molecule has 1 saturated heterocycles. The zero-order chi connectivity index (χ0) is 16.1. The number of hydrogen-bond acceptors (Lipinski definition) is 4. The fourth-order valence-electron chi connectivity index (χ4n) is 2.68. The van der Waals surface area contributed by atoms with Crippen molar-refractivity contribution in [2.24, 2.45) is 4.99 Å². The van der Waals surface area contributed by atoms with Crippen molar-refractivity contribution in [1.82, 2.24) is 20.7 Å². The average Bonchev–Trinajstić information content (AvgIpc) is 2.81. The van der Waals surface area contributed by atoms with Crippen LogP contribution in [0.4, 0.5) is 0 Å². The molecule has 0 aliphatic carbocycles. The van der Waals surface area contributed by atoms with E-state index in [4.69, 9.17) is 4.52 Å². The van der Waals surface area contributed by atoms with E-state index in [1.165, 1.54) is 0 Å². The molecule has 2 heterocycles. The van der Waals surface area contributed by atoms with Gasteiger partial charge in [0.2, 0.25) is 5.91 Å². The fraction of sp³-hybridized carbons (Fsp3) is 0.667. The number of guanidine groups is 1. The van der Waals surface area contributed by atoms with Gasteiger partial charge >= 0.3 is 0 Å². The number of aryl methyl sites for hydroxylation is 2. The van der Waals surface area contributed by atoms with Crippen LogP contribution in [-0.4, -0.2) is 55.2 Å². The van der Waals surface area contributed by atoms with E-state index in [0.717, 1.165) is 42.4 Å². The summed E-state index contributed by atoms with van der Waals surface area (Å²) < 4.78 is 5.16. The monoisotopic (exact) mass is 435 g/mol. The molecule has 1 aliphatic heterocycles. The van der Waals surface area contributed by atoms with Gasteiger partial charge in [-0.1, -0.05) is 5.16 Å². The van der Waals surface area contributed by atoms with Crippen LogP contribution < -0.4 is 10.6 Å². The lowest BCUT2D eigenvalue weighted by Gasteiger charge is -2.31. The molecule has 0 saturated carbocycles. The molecule has 0 spiro atoms. The summed E-state index contributed by atoms with van der Waals surface area (Å²) in [5.41, 5.74) is 2.08. The minimum atomic E-state index is 0. The first-order valence-electron chi connectivity index (χ1n) is 7.64. The van der Waals surface area contributed by atoms with Gasteiger partial charge < -0.3 is 20.1 Å². The number of carbonyl (C=O) groups excluding carboxylic acids is 1. The quantitative estimate of drug-likeness (QED) is 0.423. The number of carbonyl (C=O) groups is 1. The van der Waals surface area contributed by atoms with Crippen molar-refractivity contribution in [3.05, 3.63) is 17.0 Å². The molecule has 2 rings (SSSR count). The number of likely N-dealkylation sites (tertiary alicyclic amines) is 1. The van der Waals surface area contributed by atoms with Gasteiger partial charge in [-0.3, -0.25) is 9.79 Å². The number of likely N-dealkylation sites (N-methyl/N-ethyl adjacent to an activating group) is 1. The number of nitrogens with zero attached hydrogens (tertiary/aromatic N) is 3. The molecule has 8 heteroatoms. The van der Waals surface area contributed by atoms with Crippen LogP contribution in [0.5, 0.6) is 0 Å². The maximum atomic E-state index is 11.5. The molecular weight excluding hydrogens is 409 g/mol. The predicted molar refractivity (Wildman–Crippen MR) is 100 cm³/mol. The third kappa shape index (κ3) is 5.36. The lowest BCUT2D eigenvalue weighted by Crippen LogP contribution is -2.51. The van der Waals surface area contributed by atoms with E-state index in [1.807, 2.05) is 20.9 Å². The predicted octanol–water partition coefficient (Wildman–Crippen LogP) is 1.24. The summed E-state index contributed by atoms with van der Waals surface area (Å²) in [6.07, 6.45) is 2.27. The molecule has 7 nitrogen and oxygen atoms in total. The summed E-state index contributed by atoms with van der Waals surface area (Å²) in [5.74, 6) is 1.84. The first kappa shape index (κ1) is 19.7. The normalized spacial score (nSPS) is 18.6. The molecule has 1 amide bonds. The third-order valence-electron chi connectivity index (χ3n) is 4.04. The largest absolute Gasteiger partial charge is 0.361 e. The number of aromatic nitrogens is 1. The number of hydrogen-bond donors (Lipinski definition) is 2. The average molecular weight is 435 g/mol. The van der Waals surface area contributed by atoms with Crippen molar-refractivity contribution < 1.29 is 9.32 Å². The van der Waals surface area contributed by atoms with Crippen LogP contribution in [0.3, 0.4) is 0 Å². The van der Waals surface area contributed by atoms with Crippen molar-refractivity contribution in [3.8, 4) is 0 Å². The zero-order valence-electron chi connectivity index (χ0n) is 14.2. The molecule has 2 N–H and O–H groups in total. The molecule has 1 unspecified atom stereocenters. The topological polar surface area (TPSA) is 82.8 Å². The number of halogens is 1. The van der Waals surface area contributed by atoms with E-state index >= 15 is 0 Å². The van der Waals surface area contributed by atoms with Crippen LogP contribution in [0.1, 0.15) is 29.9 Å². The van der Waals surface area contributed by atoms with Gasteiger partial charge in [-0.05, 0) is 26.7 Å². The summed E-state index contributed by atoms with van der Waals surface area (Å²) in [6.45, 7) is 5.35. The van der Waals surface area contributed by atoms with Crippen LogP contribution in [0, 0.1) is 13.8 Å². The number of piperidine rings is 1. The van der Waals surface area contributed by atoms with Gasteiger partial charge in [0.05, 0.1) is 5.69 Å². The molecule has 23 heavy (non-hydrogen) atoms. The molecule has 0 radical (unpaired) electrons. The number of amides is 1. The van der Waals surface area contributed by atoms with Crippen LogP contribution in [0.2, 0.25) is 0 Å². The highest BCUT2D eigenvalue weighted by atomic mass is 127. The highest BCUT2D eigenvalue weighted by Gasteiger charge is 2.23. The van der Waals surface area contributed by atoms with Gasteiger partial charge in [0, 0.05) is 45.2 Å². The SMILES string of the molecule is CN=C(NCCc1c(C)noc1C)NC1CCC(=O)N(C)C1.I. The molecule has 1 fully saturated rings. The second-order valence-electron chi connectivity index (χ2n) is 5.71. The summed E-state index contributed by atoms with van der Waals surface area (Å²) in [7, 11) is 3.59. The van der Waals surface area contributed by atoms with Crippen molar-refractivity contribution in [1.29, 1.82) is 0 Å². The maximum absolute atomic E-state index is 11.5. The smallest absolute Gasteiger partial charge is 0.222 e. The van der Waals surface area contributed by atoms with E-state index in [-0.39, 0.29) is 35.9 Å². The van der Waals surface area contributed by atoms with Crippen LogP contribution in [-0.2, 0) is 11.2 Å². The first-order valence-corrected chi connectivity index (χ1v) is 7.64. The summed E-state index contributed by atoms with van der Waals surface area (Å²) in [5, 5.41) is 10.6. The Bertz CT molecular complexity index is 539. The van der Waals surface area contributed by atoms with Gasteiger partial charge in [-0.25, -0.2) is 0 Å². The Morgan fingerprint density at radius 2 is 2.22 bits per heavy atom. The standard InChI is InChI=1S/C15H25N5O2.HI/c1-10-13(11(2)22-19-10)7-8-17-15(16-3)18-12-5-6-14(21)20(4)9-12;/h12H,5-9H2,1-4H3,(H2,16,17,18);1H. The number of aliphatic imine (C=N–C) groups is 1. The van der Waals surface area contributed by atoms with Gasteiger partial charge in [0.1, 0.15) is 5.76 Å². The molecule has 1 atom stereocenters. The lowest BCUT2D eigenvalue weighted by molar-refractivity contribution is -0.132. The minimum Gasteiger partial charge on any atom is -0.361 e. The Labute approximate surface area is 154 Å². The zero-order valence-corrected chi connectivity index (χ0v) is 16.5. The Kier molecular flexibility index (Phi) is 7.80. The van der Waals surface area contributed by atoms with Crippen molar-refractivity contribution in [3.63, 3.8) is 0 Å². The molecule has 130 valence electrons. The highest BCUT2D eigenvalue weighted by Crippen LogP contribution is 2.12. The van der Waals surface area contributed by atoms with E-state index in [1.54, 1.807) is 11.9 Å². The first-order chi connectivity index (χ1) is 10.5. The Hall–Kier alpha value is -1.32. The summed E-state index contributed by atoms with van der Waals surface area (Å²) >= 11 is 0. The second-order valence-corrected chi connectivity index (χ2v) is 5.71. The van der Waals surface area contributed by atoms with Gasteiger partial charge in [-0.15, -0.1) is 24.0 Å². The highest BCUT2D eigenvalue weighted by molar-refractivity contribution is 14.0. The van der Waals surface area contributed by atoms with Crippen LogP contribution >= 0.6 is 24.0 Å². The fourth-order valence-corrected chi connectivity index (χ4v) is 2.68. The maximum Gasteiger partial charge on any atom is 0.222 e. The second kappa shape index (κ2) is 9.09. The number of rotatable bonds is 4. The van der Waals surface area contributed by atoms with Gasteiger partial charge in [-0.2, -0.15) is 0 Å². The lowest BCUT2D eigenvalue weighted by atomic mass is 10.1. The van der Waals surface area contributed by atoms with Gasteiger partial charge in [0.15, 0.2) is 5.96 Å². The van der Waals surface area contributed by atoms with E-state index in [9.17, 15) is 4.79 Å². The Balaban J connectivity index is 0.00000264. The Morgan fingerprint density at radius 1 is 1.48 bits per heavy atom. The van der Waals surface area contributed by atoms with E-state index < -0.39 is 0 Å². The summed E-state index contributed by atoms with van der Waals surface area (Å²) in [4.78, 5) is 17.5. The van der Waals surface area contributed by atoms with Crippen molar-refractivity contribution in [2.75, 3.05) is 27.2 Å². The van der Waals surface area contributed by atoms with Crippen LogP contribution in [0.25, 0.3) is 0 Å². The molecule has 1 aromatic rings. The summed E-state index contributed by atoms with van der Waals surface area (Å²) in [6, 6.07) is 0.243. The van der Waals surface area contributed by atoms with E-state index in [0.29, 0.717) is 13.0 Å². The molecule has 0 bridgehead atoms. The van der Waals surface area contributed by atoms with E-state index in [2.05, 4.69) is 20.8 Å². The van der Waals surface area contributed by atoms with Crippen molar-refractivity contribution >= 4 is 35.8 Å². The molecular formula is C15H26IN5O2. The van der Waals surface area contributed by atoms with Crippen LogP contribution in [0.15, 0.2) is 9.52 Å². The Morgan fingerprint density at radius 3 is 2.78 bits per heavy atom. The van der Waals surface area contributed by atoms with Gasteiger partial charge in [0.25, 0.3) is 0 Å².